The summed E-state index contributed by atoms with van der Waals surface area (Å²) in [5, 5.41) is 3.45. The maximum Gasteiger partial charge on any atom is 0.438 e. The number of halogens is 1. The molecule has 20 heavy (non-hydrogen) atoms. The number of nitrogens with one attached hydrogen (secondary N) is 2. The van der Waals surface area contributed by atoms with Crippen molar-refractivity contribution in [1.82, 2.24) is 14.9 Å². The Balaban J connectivity index is 2.03. The van der Waals surface area contributed by atoms with Crippen LogP contribution in [0.5, 0.6) is 0 Å². The Morgan fingerprint density at radius 1 is 1.45 bits per heavy atom. The van der Waals surface area contributed by atoms with E-state index in [9.17, 15) is 13.2 Å². The molecule has 0 saturated heterocycles. The molecule has 0 radical (unpaired) electrons. The Morgan fingerprint density at radius 2 is 2.20 bits per heavy atom. The zero-order valence-corrected chi connectivity index (χ0v) is 12.9. The lowest BCUT2D eigenvalue weighted by Crippen LogP contribution is -2.26. The normalized spacial score (nSPS) is 11.7. The lowest BCUT2D eigenvalue weighted by Gasteiger charge is -2.07. The van der Waals surface area contributed by atoms with Gasteiger partial charge >= 0.3 is 5.76 Å². The molecule has 0 bridgehead atoms. The Bertz CT molecular complexity index is 766. The average Bonchev–Trinajstić information content (AvgIpc) is 2.78. The molecule has 108 valence electrons. The summed E-state index contributed by atoms with van der Waals surface area (Å²) in [6.45, 7) is 1.92. The summed E-state index contributed by atoms with van der Waals surface area (Å²) < 4.78 is 31.7. The molecule has 1 heterocycles. The van der Waals surface area contributed by atoms with Crippen LogP contribution in [0.25, 0.3) is 0 Å². The highest BCUT2D eigenvalue weighted by Gasteiger charge is 2.14. The fourth-order valence-electron chi connectivity index (χ4n) is 1.54. The quantitative estimate of drug-likeness (QED) is 0.824. The van der Waals surface area contributed by atoms with Crippen LogP contribution >= 0.6 is 15.9 Å². The molecular weight excluding hydrogens is 350 g/mol. The number of benzene rings is 1. The molecule has 1 aromatic heterocycles. The van der Waals surface area contributed by atoms with Gasteiger partial charge in [-0.1, -0.05) is 21.1 Å². The van der Waals surface area contributed by atoms with E-state index in [0.717, 1.165) is 10.0 Å². The van der Waals surface area contributed by atoms with Gasteiger partial charge in [0.15, 0.2) is 5.82 Å². The van der Waals surface area contributed by atoms with Crippen molar-refractivity contribution in [3.63, 3.8) is 0 Å². The lowest BCUT2D eigenvalue weighted by atomic mass is 10.2. The second-order valence-corrected chi connectivity index (χ2v) is 6.72. The first-order valence-electron chi connectivity index (χ1n) is 5.69. The van der Waals surface area contributed by atoms with E-state index in [-0.39, 0.29) is 17.9 Å². The maximum atomic E-state index is 12.0. The molecular formula is C11H12BrN3O4S. The molecule has 2 N–H and O–H groups in total. The summed E-state index contributed by atoms with van der Waals surface area (Å²) in [6, 6.07) is 4.76. The predicted octanol–water partition coefficient (Wildman–Crippen LogP) is 0.955. The number of nitrogens with zero attached hydrogens (tertiary/aromatic N) is 1. The molecule has 0 aliphatic carbocycles. The van der Waals surface area contributed by atoms with Gasteiger partial charge in [0, 0.05) is 17.4 Å². The van der Waals surface area contributed by atoms with Gasteiger partial charge in [-0.15, -0.1) is 0 Å². The van der Waals surface area contributed by atoms with E-state index < -0.39 is 15.8 Å². The molecule has 0 amide bonds. The largest absolute Gasteiger partial charge is 0.438 e. The highest BCUT2D eigenvalue weighted by atomic mass is 79.9. The van der Waals surface area contributed by atoms with E-state index in [1.165, 1.54) is 6.07 Å². The Hall–Kier alpha value is -1.45. The molecule has 7 nitrogen and oxygen atoms in total. The number of rotatable bonds is 5. The number of hydrogen-bond donors (Lipinski definition) is 2. The maximum absolute atomic E-state index is 12.0. The molecule has 1 aromatic carbocycles. The third kappa shape index (κ3) is 3.56. The Morgan fingerprint density at radius 3 is 2.80 bits per heavy atom. The average molecular weight is 362 g/mol. The van der Waals surface area contributed by atoms with Gasteiger partial charge in [-0.2, -0.15) is 0 Å². The number of sulfonamides is 1. The first-order chi connectivity index (χ1) is 9.38. The van der Waals surface area contributed by atoms with Gasteiger partial charge in [0.1, 0.15) is 0 Å². The van der Waals surface area contributed by atoms with E-state index in [1.807, 2.05) is 6.92 Å². The van der Waals surface area contributed by atoms with Crippen LogP contribution in [-0.4, -0.2) is 25.1 Å². The van der Waals surface area contributed by atoms with E-state index in [4.69, 9.17) is 0 Å². The van der Waals surface area contributed by atoms with Crippen molar-refractivity contribution in [3.05, 3.63) is 44.6 Å². The van der Waals surface area contributed by atoms with E-state index in [0.29, 0.717) is 5.82 Å². The molecule has 0 aliphatic heterocycles. The summed E-state index contributed by atoms with van der Waals surface area (Å²) in [5.74, 6) is -0.365. The number of aromatic amines is 1. The van der Waals surface area contributed by atoms with Gasteiger partial charge in [0.05, 0.1) is 4.90 Å². The van der Waals surface area contributed by atoms with Gasteiger partial charge in [-0.25, -0.2) is 17.9 Å². The number of H-pyrrole nitrogens is 1. The predicted molar refractivity (Wildman–Crippen MR) is 74.9 cm³/mol. The smallest absolute Gasteiger partial charge is 0.296 e. The third-order valence-electron chi connectivity index (χ3n) is 2.58. The molecule has 0 saturated carbocycles. The number of hydrogen-bond acceptors (Lipinski definition) is 5. The zero-order valence-electron chi connectivity index (χ0n) is 10.5. The molecule has 0 aliphatic rings. The van der Waals surface area contributed by atoms with Crippen molar-refractivity contribution in [2.24, 2.45) is 0 Å². The second-order valence-electron chi connectivity index (χ2n) is 4.10. The summed E-state index contributed by atoms with van der Waals surface area (Å²) >= 11 is 3.31. The summed E-state index contributed by atoms with van der Waals surface area (Å²) in [7, 11) is -3.58. The third-order valence-corrected chi connectivity index (χ3v) is 4.93. The van der Waals surface area contributed by atoms with Crippen molar-refractivity contribution >= 4 is 26.0 Å². The van der Waals surface area contributed by atoms with Gasteiger partial charge in [-0.3, -0.25) is 9.51 Å². The van der Waals surface area contributed by atoms with Crippen LogP contribution in [0.15, 0.2) is 36.9 Å². The number of aromatic nitrogens is 2. The van der Waals surface area contributed by atoms with Gasteiger partial charge < -0.3 is 0 Å². The summed E-state index contributed by atoms with van der Waals surface area (Å²) in [5.41, 5.74) is 0.828. The minimum atomic E-state index is -3.58. The Kier molecular flexibility index (Phi) is 4.41. The first kappa shape index (κ1) is 14.9. The van der Waals surface area contributed by atoms with Crippen LogP contribution in [0.2, 0.25) is 0 Å². The topological polar surface area (TPSA) is 105 Å². The van der Waals surface area contributed by atoms with Crippen LogP contribution in [0.4, 0.5) is 0 Å². The van der Waals surface area contributed by atoms with E-state index in [2.05, 4.69) is 35.3 Å². The van der Waals surface area contributed by atoms with Gasteiger partial charge in [-0.05, 0) is 30.7 Å². The van der Waals surface area contributed by atoms with Crippen molar-refractivity contribution < 1.29 is 12.9 Å². The fourth-order valence-corrected chi connectivity index (χ4v) is 2.90. The highest BCUT2D eigenvalue weighted by Crippen LogP contribution is 2.19. The highest BCUT2D eigenvalue weighted by molar-refractivity contribution is 9.10. The SMILES string of the molecule is Cc1cc(S(=O)(=O)NCCc2noc(=O)[nH]2)ccc1Br. The van der Waals surface area contributed by atoms with Crippen molar-refractivity contribution in [2.75, 3.05) is 6.54 Å². The molecule has 0 fully saturated rings. The van der Waals surface area contributed by atoms with Crippen molar-refractivity contribution in [1.29, 1.82) is 0 Å². The minimum Gasteiger partial charge on any atom is -0.296 e. The van der Waals surface area contributed by atoms with E-state index >= 15 is 0 Å². The molecule has 9 heteroatoms. The van der Waals surface area contributed by atoms with Crippen molar-refractivity contribution in [2.45, 2.75) is 18.2 Å². The molecule has 0 unspecified atom stereocenters. The lowest BCUT2D eigenvalue weighted by molar-refractivity contribution is 0.381. The monoisotopic (exact) mass is 361 g/mol. The Labute approximate surface area is 123 Å². The molecule has 2 aromatic rings. The standard InChI is InChI=1S/C11H12BrN3O4S/c1-7-6-8(2-3-9(7)12)20(17,18)13-5-4-10-14-11(16)19-15-10/h2-3,6,13H,4-5H2,1H3,(H,14,15,16). The van der Waals surface area contributed by atoms with Crippen LogP contribution in [0, 0.1) is 6.92 Å². The summed E-state index contributed by atoms with van der Waals surface area (Å²) in [4.78, 5) is 13.2. The minimum absolute atomic E-state index is 0.111. The molecule has 0 spiro atoms. The van der Waals surface area contributed by atoms with Gasteiger partial charge in [0.25, 0.3) is 0 Å². The van der Waals surface area contributed by atoms with Crippen LogP contribution < -0.4 is 10.5 Å². The van der Waals surface area contributed by atoms with Crippen LogP contribution in [0.3, 0.4) is 0 Å². The second kappa shape index (κ2) is 5.90. The molecule has 0 atom stereocenters. The van der Waals surface area contributed by atoms with Crippen LogP contribution in [-0.2, 0) is 16.4 Å². The molecule has 2 rings (SSSR count). The van der Waals surface area contributed by atoms with Crippen LogP contribution in [0.1, 0.15) is 11.4 Å². The number of aryl methyl sites for hydroxylation is 1. The first-order valence-corrected chi connectivity index (χ1v) is 7.97. The van der Waals surface area contributed by atoms with E-state index in [1.54, 1.807) is 12.1 Å². The van der Waals surface area contributed by atoms with Gasteiger partial charge in [0.2, 0.25) is 10.0 Å². The zero-order chi connectivity index (χ0) is 14.8. The summed E-state index contributed by atoms with van der Waals surface area (Å²) in [6.07, 6.45) is 0.237. The van der Waals surface area contributed by atoms with Crippen molar-refractivity contribution in [3.8, 4) is 0 Å². The fraction of sp³-hybridized carbons (Fsp3) is 0.273.